The van der Waals surface area contributed by atoms with Crippen molar-refractivity contribution in [2.75, 3.05) is 19.6 Å². The van der Waals surface area contributed by atoms with Gasteiger partial charge < -0.3 is 9.84 Å². The molecule has 0 atom stereocenters. The summed E-state index contributed by atoms with van der Waals surface area (Å²) in [6.45, 7) is 8.08. The van der Waals surface area contributed by atoms with Gasteiger partial charge in [-0.15, -0.1) is 0 Å². The van der Waals surface area contributed by atoms with E-state index < -0.39 is 0 Å². The smallest absolute Gasteiger partial charge is 0.257 e. The maximum atomic E-state index is 5.38. The van der Waals surface area contributed by atoms with Gasteiger partial charge >= 0.3 is 0 Å². The summed E-state index contributed by atoms with van der Waals surface area (Å²) in [5.74, 6) is 1.36. The molecule has 1 saturated heterocycles. The number of hydrogen-bond acceptors (Lipinski definition) is 5. The second kappa shape index (κ2) is 5.73. The molecule has 1 aromatic heterocycles. The number of aromatic nitrogens is 2. The second-order valence-corrected chi connectivity index (χ2v) is 5.26. The van der Waals surface area contributed by atoms with Crippen LogP contribution < -0.4 is 5.32 Å². The molecule has 1 aliphatic rings. The summed E-state index contributed by atoms with van der Waals surface area (Å²) in [6.07, 6.45) is 0. The molecule has 0 bridgehead atoms. The zero-order chi connectivity index (χ0) is 13.9. The molecule has 3 rings (SSSR count). The molecule has 1 fully saturated rings. The molecule has 0 spiro atoms. The summed E-state index contributed by atoms with van der Waals surface area (Å²) in [5.41, 5.74) is 2.18. The highest BCUT2D eigenvalue weighted by molar-refractivity contribution is 5.53. The van der Waals surface area contributed by atoms with E-state index in [1.165, 1.54) is 5.56 Å². The van der Waals surface area contributed by atoms with E-state index in [9.17, 15) is 0 Å². The molecule has 0 unspecified atom stereocenters. The zero-order valence-electron chi connectivity index (χ0n) is 12.0. The van der Waals surface area contributed by atoms with Crippen molar-refractivity contribution in [3.05, 3.63) is 35.7 Å². The molecule has 106 valence electrons. The average molecular weight is 272 g/mol. The highest BCUT2D eigenvalue weighted by atomic mass is 16.5. The van der Waals surface area contributed by atoms with Crippen LogP contribution in [0, 0.1) is 6.92 Å². The van der Waals surface area contributed by atoms with E-state index in [0.717, 1.165) is 37.6 Å². The molecular formula is C15H20N4O. The van der Waals surface area contributed by atoms with Gasteiger partial charge in [-0.3, -0.25) is 4.90 Å². The predicted molar refractivity (Wildman–Crippen MR) is 77.2 cm³/mol. The van der Waals surface area contributed by atoms with Crippen LogP contribution in [-0.4, -0.2) is 40.7 Å². The Morgan fingerprint density at radius 2 is 2.25 bits per heavy atom. The average Bonchev–Trinajstić information content (AvgIpc) is 2.84. The highest BCUT2D eigenvalue weighted by Crippen LogP contribution is 2.19. The minimum absolute atomic E-state index is 0.598. The summed E-state index contributed by atoms with van der Waals surface area (Å²) in [6, 6.07) is 8.72. The van der Waals surface area contributed by atoms with Gasteiger partial charge in [0.2, 0.25) is 0 Å². The van der Waals surface area contributed by atoms with Crippen molar-refractivity contribution < 1.29 is 4.52 Å². The van der Waals surface area contributed by atoms with Gasteiger partial charge in [0.1, 0.15) is 0 Å². The molecule has 2 heterocycles. The first kappa shape index (κ1) is 13.3. The van der Waals surface area contributed by atoms with E-state index in [1.807, 2.05) is 12.1 Å². The van der Waals surface area contributed by atoms with Crippen molar-refractivity contribution in [3.63, 3.8) is 0 Å². The summed E-state index contributed by atoms with van der Waals surface area (Å²) >= 11 is 0. The van der Waals surface area contributed by atoms with Crippen LogP contribution in [0.2, 0.25) is 0 Å². The molecule has 0 amide bonds. The minimum atomic E-state index is 0.598. The molecule has 2 aromatic rings. The van der Waals surface area contributed by atoms with E-state index in [-0.39, 0.29) is 0 Å². The predicted octanol–water partition coefficient (Wildman–Crippen LogP) is 1.84. The molecule has 5 heteroatoms. The maximum absolute atomic E-state index is 5.38. The molecular weight excluding hydrogens is 252 g/mol. The van der Waals surface area contributed by atoms with Gasteiger partial charge in [-0.2, -0.15) is 4.98 Å². The van der Waals surface area contributed by atoms with Crippen molar-refractivity contribution in [2.45, 2.75) is 26.4 Å². The lowest BCUT2D eigenvalue weighted by Gasteiger charge is -2.36. The topological polar surface area (TPSA) is 54.2 Å². The molecule has 0 aliphatic carbocycles. The Morgan fingerprint density at radius 1 is 1.40 bits per heavy atom. The van der Waals surface area contributed by atoms with E-state index in [1.54, 1.807) is 0 Å². The van der Waals surface area contributed by atoms with E-state index in [0.29, 0.717) is 11.9 Å². The van der Waals surface area contributed by atoms with Crippen molar-refractivity contribution in [3.8, 4) is 11.5 Å². The molecule has 1 aliphatic heterocycles. The third kappa shape index (κ3) is 2.73. The lowest BCUT2D eigenvalue weighted by Crippen LogP contribution is -2.56. The third-order valence-corrected chi connectivity index (χ3v) is 3.76. The Hall–Kier alpha value is -1.72. The quantitative estimate of drug-likeness (QED) is 0.900. The monoisotopic (exact) mass is 272 g/mol. The second-order valence-electron chi connectivity index (χ2n) is 5.26. The number of aryl methyl sites for hydroxylation is 1. The van der Waals surface area contributed by atoms with Crippen LogP contribution in [-0.2, 0) is 6.54 Å². The molecule has 0 radical (unpaired) electrons. The Kier molecular flexibility index (Phi) is 3.80. The third-order valence-electron chi connectivity index (χ3n) is 3.76. The number of likely N-dealkylation sites (N-methyl/N-ethyl adjacent to an activating group) is 1. The van der Waals surface area contributed by atoms with Crippen LogP contribution in [0.3, 0.4) is 0 Å². The van der Waals surface area contributed by atoms with Gasteiger partial charge in [0.15, 0.2) is 5.82 Å². The van der Waals surface area contributed by atoms with Gasteiger partial charge in [-0.05, 0) is 25.6 Å². The minimum Gasteiger partial charge on any atom is -0.334 e. The molecule has 5 nitrogen and oxygen atoms in total. The van der Waals surface area contributed by atoms with Crippen molar-refractivity contribution in [1.82, 2.24) is 20.4 Å². The molecule has 20 heavy (non-hydrogen) atoms. The maximum Gasteiger partial charge on any atom is 0.257 e. The largest absolute Gasteiger partial charge is 0.334 e. The van der Waals surface area contributed by atoms with Crippen LogP contribution >= 0.6 is 0 Å². The normalized spacial score (nSPS) is 15.6. The standard InChI is InChI=1S/C15H20N4O/c1-3-19(13-8-16-9-13)10-14-17-15(20-18-14)12-6-4-5-11(2)7-12/h4-7,13,16H,3,8-10H2,1-2H3. The Morgan fingerprint density at radius 3 is 2.90 bits per heavy atom. The summed E-state index contributed by atoms with van der Waals surface area (Å²) < 4.78 is 5.38. The van der Waals surface area contributed by atoms with Gasteiger partial charge in [0.25, 0.3) is 5.89 Å². The highest BCUT2D eigenvalue weighted by Gasteiger charge is 2.24. The first-order valence-corrected chi connectivity index (χ1v) is 7.10. The van der Waals surface area contributed by atoms with Gasteiger partial charge in [0.05, 0.1) is 6.54 Å². The van der Waals surface area contributed by atoms with Crippen LogP contribution in [0.1, 0.15) is 18.3 Å². The number of rotatable bonds is 5. The van der Waals surface area contributed by atoms with Gasteiger partial charge in [-0.1, -0.05) is 29.8 Å². The summed E-state index contributed by atoms with van der Waals surface area (Å²) in [5, 5.41) is 7.40. The zero-order valence-corrected chi connectivity index (χ0v) is 12.0. The first-order valence-electron chi connectivity index (χ1n) is 7.10. The number of hydrogen-bond donors (Lipinski definition) is 1. The first-order chi connectivity index (χ1) is 9.76. The lowest BCUT2D eigenvalue weighted by molar-refractivity contribution is 0.140. The van der Waals surface area contributed by atoms with Gasteiger partial charge in [-0.25, -0.2) is 0 Å². The number of benzene rings is 1. The van der Waals surface area contributed by atoms with Crippen molar-refractivity contribution >= 4 is 0 Å². The lowest BCUT2D eigenvalue weighted by atomic mass is 10.1. The fourth-order valence-corrected chi connectivity index (χ4v) is 2.43. The summed E-state index contributed by atoms with van der Waals surface area (Å²) in [7, 11) is 0. The Bertz CT molecular complexity index is 577. The van der Waals surface area contributed by atoms with Crippen molar-refractivity contribution in [2.24, 2.45) is 0 Å². The SMILES string of the molecule is CCN(Cc1noc(-c2cccc(C)c2)n1)C1CNC1. The summed E-state index contributed by atoms with van der Waals surface area (Å²) in [4.78, 5) is 6.89. The van der Waals surface area contributed by atoms with Gasteiger partial charge in [0, 0.05) is 24.7 Å². The van der Waals surface area contributed by atoms with Crippen LogP contribution in [0.15, 0.2) is 28.8 Å². The van der Waals surface area contributed by atoms with Crippen LogP contribution in [0.5, 0.6) is 0 Å². The van der Waals surface area contributed by atoms with Crippen LogP contribution in [0.25, 0.3) is 11.5 Å². The fourth-order valence-electron chi connectivity index (χ4n) is 2.43. The van der Waals surface area contributed by atoms with E-state index in [4.69, 9.17) is 4.52 Å². The van der Waals surface area contributed by atoms with Crippen LogP contribution in [0.4, 0.5) is 0 Å². The number of nitrogens with zero attached hydrogens (tertiary/aromatic N) is 3. The fraction of sp³-hybridized carbons (Fsp3) is 0.467. The van der Waals surface area contributed by atoms with E-state index >= 15 is 0 Å². The Labute approximate surface area is 119 Å². The molecule has 1 aromatic carbocycles. The van der Waals surface area contributed by atoms with E-state index in [2.05, 4.69) is 46.3 Å². The molecule has 0 saturated carbocycles. The molecule has 1 N–H and O–H groups in total. The van der Waals surface area contributed by atoms with Crippen molar-refractivity contribution in [1.29, 1.82) is 0 Å². The Balaban J connectivity index is 1.73. The number of nitrogens with one attached hydrogen (secondary N) is 1.